The number of hydrogen-bond donors (Lipinski definition) is 1. The summed E-state index contributed by atoms with van der Waals surface area (Å²) in [5.74, 6) is 0.451. The molecule has 1 unspecified atom stereocenters. The Morgan fingerprint density at radius 2 is 2.27 bits per heavy atom. The molecule has 1 amide bonds. The molecule has 0 aromatic heterocycles. The second kappa shape index (κ2) is 5.56. The molecule has 1 aliphatic carbocycles. The zero-order valence-corrected chi connectivity index (χ0v) is 13.5. The summed E-state index contributed by atoms with van der Waals surface area (Å²) in [4.78, 5) is 13.5. The van der Waals surface area contributed by atoms with Gasteiger partial charge in [0, 0.05) is 11.5 Å². The first-order valence-electron chi connectivity index (χ1n) is 7.73. The lowest BCUT2D eigenvalue weighted by atomic mass is 9.63. The third kappa shape index (κ3) is 2.38. The summed E-state index contributed by atoms with van der Waals surface area (Å²) in [5, 5.41) is 0. The van der Waals surface area contributed by atoms with Crippen molar-refractivity contribution in [3.63, 3.8) is 0 Å². The second-order valence-corrected chi connectivity index (χ2v) is 6.64. The monoisotopic (exact) mass is 304 g/mol. The minimum absolute atomic E-state index is 0.0239. The van der Waals surface area contributed by atoms with Crippen LogP contribution in [0, 0.1) is 0 Å². The number of ether oxygens (including phenoxy) is 2. The van der Waals surface area contributed by atoms with E-state index in [-0.39, 0.29) is 24.2 Å². The van der Waals surface area contributed by atoms with Crippen LogP contribution in [0.5, 0.6) is 5.75 Å². The van der Waals surface area contributed by atoms with Crippen LogP contribution in [-0.4, -0.2) is 50.3 Å². The first-order chi connectivity index (χ1) is 10.5. The number of rotatable bonds is 4. The molecule has 5 nitrogen and oxygen atoms in total. The number of likely N-dealkylation sites (N-methyl/N-ethyl adjacent to an activating group) is 1. The first-order valence-corrected chi connectivity index (χ1v) is 7.73. The van der Waals surface area contributed by atoms with E-state index in [0.717, 1.165) is 25.1 Å². The highest BCUT2D eigenvalue weighted by atomic mass is 16.5. The minimum Gasteiger partial charge on any atom is -0.497 e. The van der Waals surface area contributed by atoms with Crippen molar-refractivity contribution in [3.8, 4) is 5.75 Å². The fourth-order valence-corrected chi connectivity index (χ4v) is 4.01. The number of fused-ring (bicyclic) bond motifs is 4. The molecule has 2 aliphatic rings. The number of primary amides is 1. The summed E-state index contributed by atoms with van der Waals surface area (Å²) in [7, 11) is 3.81. The van der Waals surface area contributed by atoms with Gasteiger partial charge in [0.1, 0.15) is 12.4 Å². The topological polar surface area (TPSA) is 64.8 Å². The predicted octanol–water partition coefficient (Wildman–Crippen LogP) is 1.08. The van der Waals surface area contributed by atoms with Gasteiger partial charge in [-0.3, -0.25) is 4.79 Å². The lowest BCUT2D eigenvalue weighted by Gasteiger charge is -2.54. The summed E-state index contributed by atoms with van der Waals surface area (Å²) in [6.07, 6.45) is 1.89. The highest BCUT2D eigenvalue weighted by molar-refractivity contribution is 5.75. The van der Waals surface area contributed by atoms with Crippen molar-refractivity contribution >= 4 is 5.91 Å². The standard InChI is InChI=1S/C17H24N2O3/c1-17-6-7-19(2)14(16(17)22-10-15(18)20)8-11-4-5-12(21-3)9-13(11)17/h4-5,9,14,16H,6-8,10H2,1-3H3,(H2,18,20)/t14?,16-,17+/m1/s1. The van der Waals surface area contributed by atoms with Gasteiger partial charge in [-0.1, -0.05) is 13.0 Å². The molecule has 0 saturated carbocycles. The summed E-state index contributed by atoms with van der Waals surface area (Å²) >= 11 is 0. The highest BCUT2D eigenvalue weighted by Gasteiger charge is 2.50. The number of carbonyl (C=O) groups excluding carboxylic acids is 1. The van der Waals surface area contributed by atoms with Gasteiger partial charge in [-0.05, 0) is 49.7 Å². The van der Waals surface area contributed by atoms with Gasteiger partial charge >= 0.3 is 0 Å². The van der Waals surface area contributed by atoms with Gasteiger partial charge in [-0.25, -0.2) is 0 Å². The number of methoxy groups -OCH3 is 1. The van der Waals surface area contributed by atoms with Gasteiger partial charge in [0.2, 0.25) is 5.91 Å². The molecule has 0 radical (unpaired) electrons. The average molecular weight is 304 g/mol. The number of amides is 1. The van der Waals surface area contributed by atoms with Crippen LogP contribution >= 0.6 is 0 Å². The molecule has 1 saturated heterocycles. The van der Waals surface area contributed by atoms with Gasteiger partial charge in [0.05, 0.1) is 13.2 Å². The number of piperidine rings is 1. The van der Waals surface area contributed by atoms with Crippen LogP contribution in [0.1, 0.15) is 24.5 Å². The Morgan fingerprint density at radius 1 is 1.50 bits per heavy atom. The fraction of sp³-hybridized carbons (Fsp3) is 0.588. The van der Waals surface area contributed by atoms with Gasteiger partial charge in [0.15, 0.2) is 0 Å². The molecule has 5 heteroatoms. The van der Waals surface area contributed by atoms with E-state index in [2.05, 4.69) is 31.0 Å². The molecule has 2 bridgehead atoms. The summed E-state index contributed by atoms with van der Waals surface area (Å²) < 4.78 is 11.4. The van der Waals surface area contributed by atoms with Crippen molar-refractivity contribution in [2.75, 3.05) is 27.3 Å². The lowest BCUT2D eigenvalue weighted by molar-refractivity contribution is -0.133. The zero-order valence-electron chi connectivity index (χ0n) is 13.5. The van der Waals surface area contributed by atoms with E-state index in [9.17, 15) is 4.79 Å². The van der Waals surface area contributed by atoms with Crippen molar-refractivity contribution in [1.82, 2.24) is 4.90 Å². The van der Waals surface area contributed by atoms with E-state index in [1.54, 1.807) is 7.11 Å². The third-order valence-corrected chi connectivity index (χ3v) is 5.29. The fourth-order valence-electron chi connectivity index (χ4n) is 4.01. The van der Waals surface area contributed by atoms with Crippen LogP contribution in [0.25, 0.3) is 0 Å². The quantitative estimate of drug-likeness (QED) is 0.904. The molecular formula is C17H24N2O3. The maximum atomic E-state index is 11.2. The Hall–Kier alpha value is -1.59. The predicted molar refractivity (Wildman–Crippen MR) is 84.0 cm³/mol. The van der Waals surface area contributed by atoms with E-state index in [4.69, 9.17) is 15.2 Å². The number of benzene rings is 1. The molecule has 3 rings (SSSR count). The van der Waals surface area contributed by atoms with Crippen LogP contribution in [0.4, 0.5) is 0 Å². The third-order valence-electron chi connectivity index (χ3n) is 5.29. The Bertz CT molecular complexity index is 589. The minimum atomic E-state index is -0.416. The normalized spacial score (nSPS) is 30.7. The molecule has 1 aromatic rings. The van der Waals surface area contributed by atoms with Crippen molar-refractivity contribution in [3.05, 3.63) is 29.3 Å². The zero-order chi connectivity index (χ0) is 15.9. The summed E-state index contributed by atoms with van der Waals surface area (Å²) in [6.45, 7) is 3.23. The highest BCUT2D eigenvalue weighted by Crippen LogP contribution is 2.46. The van der Waals surface area contributed by atoms with Gasteiger partial charge in [-0.2, -0.15) is 0 Å². The number of nitrogens with two attached hydrogens (primary N) is 1. The molecule has 2 N–H and O–H groups in total. The van der Waals surface area contributed by atoms with Crippen LogP contribution in [0.2, 0.25) is 0 Å². The molecule has 1 aromatic carbocycles. The molecule has 1 fully saturated rings. The maximum Gasteiger partial charge on any atom is 0.243 e. The van der Waals surface area contributed by atoms with Crippen LogP contribution < -0.4 is 10.5 Å². The Balaban J connectivity index is 2.02. The largest absolute Gasteiger partial charge is 0.497 e. The molecule has 3 atom stereocenters. The molecular weight excluding hydrogens is 280 g/mol. The van der Waals surface area contributed by atoms with Crippen LogP contribution in [-0.2, 0) is 21.4 Å². The average Bonchev–Trinajstić information content (AvgIpc) is 2.50. The summed E-state index contributed by atoms with van der Waals surface area (Å²) in [5.41, 5.74) is 7.79. The number of hydrogen-bond acceptors (Lipinski definition) is 4. The number of carbonyl (C=O) groups is 1. The van der Waals surface area contributed by atoms with Crippen molar-refractivity contribution in [1.29, 1.82) is 0 Å². The molecule has 120 valence electrons. The maximum absolute atomic E-state index is 11.2. The lowest BCUT2D eigenvalue weighted by Crippen LogP contribution is -2.62. The molecule has 1 aliphatic heterocycles. The Morgan fingerprint density at radius 3 is 2.95 bits per heavy atom. The van der Waals surface area contributed by atoms with E-state index in [0.29, 0.717) is 0 Å². The Kier molecular flexibility index (Phi) is 3.87. The SMILES string of the molecule is COc1ccc2c(c1)[C@]1(C)CCN(C)C(C2)[C@H]1OCC(N)=O. The van der Waals surface area contributed by atoms with Gasteiger partial charge in [-0.15, -0.1) is 0 Å². The van der Waals surface area contributed by atoms with E-state index >= 15 is 0 Å². The summed E-state index contributed by atoms with van der Waals surface area (Å²) in [6, 6.07) is 6.57. The van der Waals surface area contributed by atoms with Crippen molar-refractivity contribution < 1.29 is 14.3 Å². The van der Waals surface area contributed by atoms with Crippen LogP contribution in [0.15, 0.2) is 18.2 Å². The van der Waals surface area contributed by atoms with Gasteiger partial charge in [0.25, 0.3) is 0 Å². The number of nitrogens with zero attached hydrogens (tertiary/aromatic N) is 1. The smallest absolute Gasteiger partial charge is 0.243 e. The molecule has 1 heterocycles. The van der Waals surface area contributed by atoms with Crippen molar-refractivity contribution in [2.45, 2.75) is 37.3 Å². The molecule has 22 heavy (non-hydrogen) atoms. The van der Waals surface area contributed by atoms with Gasteiger partial charge < -0.3 is 20.1 Å². The Labute approximate surface area is 131 Å². The second-order valence-electron chi connectivity index (χ2n) is 6.64. The van der Waals surface area contributed by atoms with E-state index in [1.807, 2.05) is 6.07 Å². The number of likely N-dealkylation sites (tertiary alicyclic amines) is 1. The van der Waals surface area contributed by atoms with Crippen molar-refractivity contribution in [2.24, 2.45) is 5.73 Å². The van der Waals surface area contributed by atoms with E-state index < -0.39 is 5.91 Å². The molecule has 0 spiro atoms. The van der Waals surface area contributed by atoms with E-state index in [1.165, 1.54) is 11.1 Å². The van der Waals surface area contributed by atoms with Crippen LogP contribution in [0.3, 0.4) is 0 Å². The first kappa shape index (κ1) is 15.3.